The number of pyridine rings is 1. The van der Waals surface area contributed by atoms with Gasteiger partial charge in [0.2, 0.25) is 0 Å². The zero-order valence-electron chi connectivity index (χ0n) is 11.1. The molecule has 0 aliphatic carbocycles. The Hall–Kier alpha value is -1.88. The van der Waals surface area contributed by atoms with E-state index in [2.05, 4.69) is 20.9 Å². The number of carbonyl (C=O) groups is 1. The average molecular weight is 332 g/mol. The Bertz CT molecular complexity index is 659. The predicted molar refractivity (Wildman–Crippen MR) is 82.0 cm³/mol. The van der Waals surface area contributed by atoms with Gasteiger partial charge in [-0.3, -0.25) is 0 Å². The Balaban J connectivity index is 2.14. The highest BCUT2D eigenvalue weighted by atomic mass is 79.9. The maximum absolute atomic E-state index is 12.6. The first-order chi connectivity index (χ1) is 9.70. The van der Waals surface area contributed by atoms with Gasteiger partial charge in [-0.1, -0.05) is 28.1 Å². The van der Waals surface area contributed by atoms with Crippen molar-refractivity contribution in [3.05, 3.63) is 52.6 Å². The van der Waals surface area contributed by atoms with Gasteiger partial charge in [0.1, 0.15) is 5.82 Å². The predicted octanol–water partition coefficient (Wildman–Crippen LogP) is 3.94. The summed E-state index contributed by atoms with van der Waals surface area (Å²) in [6, 6.07) is 11.6. The summed E-state index contributed by atoms with van der Waals surface area (Å²) in [5.41, 5.74) is 1.89. The third kappa shape index (κ3) is 2.18. The summed E-state index contributed by atoms with van der Waals surface area (Å²) < 4.78 is 0.939. The summed E-state index contributed by atoms with van der Waals surface area (Å²) >= 11 is 3.45. The molecule has 1 aliphatic heterocycles. The molecule has 20 heavy (non-hydrogen) atoms. The number of fused-ring (bicyclic) bond motifs is 1. The summed E-state index contributed by atoms with van der Waals surface area (Å²) in [6.45, 7) is 3.28. The molecule has 1 aromatic heterocycles. The van der Waals surface area contributed by atoms with Gasteiger partial charge in [0.25, 0.3) is 0 Å². The second kappa shape index (κ2) is 5.25. The Morgan fingerprint density at radius 1 is 1.30 bits per heavy atom. The minimum absolute atomic E-state index is 0.0307. The van der Waals surface area contributed by atoms with E-state index in [1.807, 2.05) is 48.2 Å². The molecule has 102 valence electrons. The van der Waals surface area contributed by atoms with E-state index in [4.69, 9.17) is 0 Å². The molecule has 0 saturated heterocycles. The zero-order valence-corrected chi connectivity index (χ0v) is 12.7. The van der Waals surface area contributed by atoms with Crippen molar-refractivity contribution in [2.24, 2.45) is 0 Å². The van der Waals surface area contributed by atoms with E-state index in [1.165, 1.54) is 0 Å². The summed E-state index contributed by atoms with van der Waals surface area (Å²) in [5.74, 6) is 0.723. The number of hydrogen-bond acceptors (Lipinski definition) is 2. The number of halogens is 1. The standard InChI is InChI=1S/C15H14BrN3O/c1-2-18-10-11-5-4-8-17-14(11)19(15(18)20)13-7-3-6-12(16)9-13/h3-9H,2,10H2,1H3. The third-order valence-corrected chi connectivity index (χ3v) is 3.84. The molecule has 2 heterocycles. The fraction of sp³-hybridized carbons (Fsp3) is 0.200. The number of benzene rings is 1. The maximum atomic E-state index is 12.6. The van der Waals surface area contributed by atoms with E-state index < -0.39 is 0 Å². The van der Waals surface area contributed by atoms with Crippen LogP contribution in [0, 0.1) is 0 Å². The first-order valence-electron chi connectivity index (χ1n) is 6.49. The van der Waals surface area contributed by atoms with Crippen LogP contribution in [0.5, 0.6) is 0 Å². The van der Waals surface area contributed by atoms with Crippen molar-refractivity contribution < 1.29 is 4.79 Å². The molecule has 0 saturated carbocycles. The number of urea groups is 1. The minimum atomic E-state index is -0.0307. The van der Waals surface area contributed by atoms with Gasteiger partial charge < -0.3 is 4.90 Å². The molecular weight excluding hydrogens is 318 g/mol. The van der Waals surface area contributed by atoms with Crippen LogP contribution in [0.1, 0.15) is 12.5 Å². The molecule has 0 radical (unpaired) electrons. The van der Waals surface area contributed by atoms with Crippen molar-refractivity contribution in [3.63, 3.8) is 0 Å². The van der Waals surface area contributed by atoms with Crippen molar-refractivity contribution in [1.82, 2.24) is 9.88 Å². The number of aromatic nitrogens is 1. The molecule has 1 aromatic carbocycles. The third-order valence-electron chi connectivity index (χ3n) is 3.35. The van der Waals surface area contributed by atoms with Crippen LogP contribution in [-0.2, 0) is 6.54 Å². The number of rotatable bonds is 2. The number of anilines is 2. The quantitative estimate of drug-likeness (QED) is 0.835. The Morgan fingerprint density at radius 2 is 2.15 bits per heavy atom. The molecule has 3 rings (SSSR count). The highest BCUT2D eigenvalue weighted by molar-refractivity contribution is 9.10. The SMILES string of the molecule is CCN1Cc2cccnc2N(c2cccc(Br)c2)C1=O. The number of carbonyl (C=O) groups excluding carboxylic acids is 1. The molecule has 0 fully saturated rings. The van der Waals surface area contributed by atoms with E-state index in [1.54, 1.807) is 11.1 Å². The fourth-order valence-electron chi connectivity index (χ4n) is 2.36. The molecule has 1 aliphatic rings. The van der Waals surface area contributed by atoms with Gasteiger partial charge in [0, 0.05) is 22.8 Å². The Morgan fingerprint density at radius 3 is 2.90 bits per heavy atom. The lowest BCUT2D eigenvalue weighted by molar-refractivity contribution is 0.204. The molecule has 0 unspecified atom stereocenters. The van der Waals surface area contributed by atoms with Crippen LogP contribution in [0.3, 0.4) is 0 Å². The molecular formula is C15H14BrN3O. The van der Waals surface area contributed by atoms with Crippen LogP contribution in [-0.4, -0.2) is 22.5 Å². The molecule has 2 aromatic rings. The number of amides is 2. The lowest BCUT2D eigenvalue weighted by Gasteiger charge is -2.35. The highest BCUT2D eigenvalue weighted by Gasteiger charge is 2.31. The molecule has 0 N–H and O–H groups in total. The van der Waals surface area contributed by atoms with Crippen LogP contribution in [0.15, 0.2) is 47.1 Å². The number of hydrogen-bond donors (Lipinski definition) is 0. The van der Waals surface area contributed by atoms with Gasteiger partial charge in [-0.15, -0.1) is 0 Å². The molecule has 0 spiro atoms. The molecule has 2 amide bonds. The Kier molecular flexibility index (Phi) is 3.44. The summed E-state index contributed by atoms with van der Waals surface area (Å²) in [4.78, 5) is 20.5. The lowest BCUT2D eigenvalue weighted by Crippen LogP contribution is -2.45. The van der Waals surface area contributed by atoms with Gasteiger partial charge in [0.05, 0.1) is 12.2 Å². The van der Waals surface area contributed by atoms with Gasteiger partial charge in [-0.2, -0.15) is 0 Å². The fourth-order valence-corrected chi connectivity index (χ4v) is 2.74. The maximum Gasteiger partial charge on any atom is 0.330 e. The van der Waals surface area contributed by atoms with Crippen molar-refractivity contribution in [3.8, 4) is 0 Å². The summed E-state index contributed by atoms with van der Waals surface area (Å²) in [6.07, 6.45) is 1.72. The smallest absolute Gasteiger partial charge is 0.320 e. The van der Waals surface area contributed by atoms with Crippen LogP contribution >= 0.6 is 15.9 Å². The van der Waals surface area contributed by atoms with Crippen molar-refractivity contribution in [2.75, 3.05) is 11.4 Å². The normalized spacial score (nSPS) is 14.4. The van der Waals surface area contributed by atoms with Gasteiger partial charge in [0.15, 0.2) is 0 Å². The number of nitrogens with zero attached hydrogens (tertiary/aromatic N) is 3. The van der Waals surface area contributed by atoms with Crippen molar-refractivity contribution in [2.45, 2.75) is 13.5 Å². The highest BCUT2D eigenvalue weighted by Crippen LogP contribution is 2.33. The zero-order chi connectivity index (χ0) is 14.1. The van der Waals surface area contributed by atoms with E-state index in [0.717, 1.165) is 21.5 Å². The molecule has 0 bridgehead atoms. The minimum Gasteiger partial charge on any atom is -0.320 e. The van der Waals surface area contributed by atoms with E-state index in [0.29, 0.717) is 13.1 Å². The van der Waals surface area contributed by atoms with E-state index >= 15 is 0 Å². The molecule has 4 nitrogen and oxygen atoms in total. The first kappa shape index (κ1) is 13.1. The van der Waals surface area contributed by atoms with Gasteiger partial charge in [-0.25, -0.2) is 14.7 Å². The van der Waals surface area contributed by atoms with Crippen LogP contribution < -0.4 is 4.90 Å². The topological polar surface area (TPSA) is 36.4 Å². The van der Waals surface area contributed by atoms with Crippen molar-refractivity contribution >= 4 is 33.5 Å². The second-order valence-corrected chi connectivity index (χ2v) is 5.51. The van der Waals surface area contributed by atoms with Crippen LogP contribution in [0.25, 0.3) is 0 Å². The van der Waals surface area contributed by atoms with Crippen LogP contribution in [0.4, 0.5) is 16.3 Å². The largest absolute Gasteiger partial charge is 0.330 e. The van der Waals surface area contributed by atoms with Crippen LogP contribution in [0.2, 0.25) is 0 Å². The second-order valence-electron chi connectivity index (χ2n) is 4.60. The molecule has 5 heteroatoms. The molecule has 0 atom stereocenters. The van der Waals surface area contributed by atoms with E-state index in [-0.39, 0.29) is 6.03 Å². The monoisotopic (exact) mass is 331 g/mol. The average Bonchev–Trinajstić information content (AvgIpc) is 2.46. The van der Waals surface area contributed by atoms with Gasteiger partial charge in [-0.05, 0) is 31.2 Å². The van der Waals surface area contributed by atoms with Gasteiger partial charge >= 0.3 is 6.03 Å². The summed E-state index contributed by atoms with van der Waals surface area (Å²) in [5, 5.41) is 0. The van der Waals surface area contributed by atoms with E-state index in [9.17, 15) is 4.79 Å². The first-order valence-corrected chi connectivity index (χ1v) is 7.28. The Labute approximate surface area is 126 Å². The lowest BCUT2D eigenvalue weighted by atomic mass is 10.1. The van der Waals surface area contributed by atoms with Crippen molar-refractivity contribution in [1.29, 1.82) is 0 Å². The summed E-state index contributed by atoms with van der Waals surface area (Å²) in [7, 11) is 0.